The number of hydrogen-bond acceptors (Lipinski definition) is 6. The molecule has 0 aliphatic rings. The van der Waals surface area contributed by atoms with Crippen molar-refractivity contribution in [3.63, 3.8) is 0 Å². The highest BCUT2D eigenvalue weighted by Gasteiger charge is 2.26. The number of pyridine rings is 1. The number of carbonyl (C=O) groups is 1. The first-order chi connectivity index (χ1) is 12.3. The highest BCUT2D eigenvalue weighted by molar-refractivity contribution is 7.89. The number of hydrogen-bond donors (Lipinski definition) is 1. The number of aryl methyl sites for hydroxylation is 1. The average Bonchev–Trinajstić information content (AvgIpc) is 2.62. The van der Waals surface area contributed by atoms with E-state index in [2.05, 4.69) is 15.5 Å². The molecule has 8 nitrogen and oxygen atoms in total. The van der Waals surface area contributed by atoms with Crippen LogP contribution in [-0.4, -0.2) is 50.5 Å². The Kier molecular flexibility index (Phi) is 6.42. The third-order valence-electron chi connectivity index (χ3n) is 3.46. The van der Waals surface area contributed by atoms with Crippen LogP contribution in [0.5, 0.6) is 5.75 Å². The molecule has 26 heavy (non-hydrogen) atoms. The summed E-state index contributed by atoms with van der Waals surface area (Å²) < 4.78 is 31.5. The molecule has 2 aromatic rings. The van der Waals surface area contributed by atoms with Gasteiger partial charge in [-0.3, -0.25) is 9.78 Å². The smallest absolute Gasteiger partial charge is 0.255 e. The fourth-order valence-corrected chi connectivity index (χ4v) is 3.47. The van der Waals surface area contributed by atoms with E-state index >= 15 is 0 Å². The molecule has 0 aliphatic heterocycles. The van der Waals surface area contributed by atoms with Crippen molar-refractivity contribution in [3.8, 4) is 5.75 Å². The lowest BCUT2D eigenvalue weighted by Crippen LogP contribution is -2.36. The molecule has 1 aromatic heterocycles. The van der Waals surface area contributed by atoms with E-state index in [1.807, 2.05) is 0 Å². The summed E-state index contributed by atoms with van der Waals surface area (Å²) in [4.78, 5) is 15.9. The highest BCUT2D eigenvalue weighted by atomic mass is 32.2. The number of hydrazone groups is 1. The van der Waals surface area contributed by atoms with Crippen molar-refractivity contribution >= 4 is 22.1 Å². The Morgan fingerprint density at radius 1 is 1.38 bits per heavy atom. The normalized spacial score (nSPS) is 11.7. The first-order valence-corrected chi connectivity index (χ1v) is 9.11. The number of likely N-dealkylation sites (N-methyl/N-ethyl adjacent to an activating group) is 1. The van der Waals surface area contributed by atoms with Crippen LogP contribution in [0.25, 0.3) is 0 Å². The van der Waals surface area contributed by atoms with Crippen molar-refractivity contribution < 1.29 is 17.9 Å². The van der Waals surface area contributed by atoms with E-state index in [0.29, 0.717) is 5.56 Å². The number of nitrogens with one attached hydrogen (secondary N) is 1. The van der Waals surface area contributed by atoms with Crippen molar-refractivity contribution in [3.05, 3.63) is 53.9 Å². The lowest BCUT2D eigenvalue weighted by Gasteiger charge is -2.18. The van der Waals surface area contributed by atoms with Gasteiger partial charge in [-0.05, 0) is 30.7 Å². The molecular formula is C17H20N4O4S. The molecule has 1 amide bonds. The number of methoxy groups -OCH3 is 1. The summed E-state index contributed by atoms with van der Waals surface area (Å²) in [6.07, 6.45) is 4.62. The molecule has 0 atom stereocenters. The monoisotopic (exact) mass is 376 g/mol. The lowest BCUT2D eigenvalue weighted by atomic mass is 10.2. The maximum atomic E-state index is 12.7. The van der Waals surface area contributed by atoms with Gasteiger partial charge in [-0.15, -0.1) is 0 Å². The summed E-state index contributed by atoms with van der Waals surface area (Å²) in [6, 6.07) is 8.33. The Bertz CT molecular complexity index is 898. The molecule has 0 saturated carbocycles. The number of sulfonamides is 1. The largest absolute Gasteiger partial charge is 0.495 e. The number of ether oxygens (including phenoxy) is 1. The Morgan fingerprint density at radius 3 is 2.81 bits per heavy atom. The van der Waals surface area contributed by atoms with Crippen LogP contribution in [0.1, 0.15) is 11.1 Å². The van der Waals surface area contributed by atoms with E-state index in [4.69, 9.17) is 4.74 Å². The first-order valence-electron chi connectivity index (χ1n) is 7.67. The second kappa shape index (κ2) is 8.54. The van der Waals surface area contributed by atoms with Crippen LogP contribution in [0.4, 0.5) is 0 Å². The molecule has 0 saturated heterocycles. The number of amides is 1. The van der Waals surface area contributed by atoms with Gasteiger partial charge >= 0.3 is 0 Å². The topological polar surface area (TPSA) is 101 Å². The molecule has 0 aliphatic carbocycles. The van der Waals surface area contributed by atoms with Crippen molar-refractivity contribution in [2.45, 2.75) is 11.8 Å². The summed E-state index contributed by atoms with van der Waals surface area (Å²) in [5.41, 5.74) is 3.76. The third-order valence-corrected chi connectivity index (χ3v) is 5.29. The summed E-state index contributed by atoms with van der Waals surface area (Å²) in [7, 11) is -1.18. The minimum atomic E-state index is -3.89. The van der Waals surface area contributed by atoms with Crippen molar-refractivity contribution in [1.82, 2.24) is 14.7 Å². The summed E-state index contributed by atoms with van der Waals surface area (Å²) >= 11 is 0. The predicted octanol–water partition coefficient (Wildman–Crippen LogP) is 1.17. The molecule has 1 N–H and O–H groups in total. The van der Waals surface area contributed by atoms with Gasteiger partial charge in [0, 0.05) is 25.0 Å². The number of aromatic nitrogens is 1. The average molecular weight is 376 g/mol. The van der Waals surface area contributed by atoms with E-state index in [-0.39, 0.29) is 17.2 Å². The van der Waals surface area contributed by atoms with Gasteiger partial charge in [0.1, 0.15) is 10.6 Å². The van der Waals surface area contributed by atoms with Gasteiger partial charge in [0.2, 0.25) is 10.0 Å². The second-order valence-electron chi connectivity index (χ2n) is 5.49. The third kappa shape index (κ3) is 4.87. The summed E-state index contributed by atoms with van der Waals surface area (Å²) in [6.45, 7) is 1.39. The SMILES string of the molecule is COc1ccc(C)cc1S(=O)(=O)N(C)CC(=O)N/N=C/c1cccnc1. The molecule has 1 heterocycles. The molecular weight excluding hydrogens is 356 g/mol. The van der Waals surface area contributed by atoms with Crippen LogP contribution in [0.3, 0.4) is 0 Å². The zero-order chi connectivity index (χ0) is 19.2. The molecule has 0 bridgehead atoms. The molecule has 138 valence electrons. The number of nitrogens with zero attached hydrogens (tertiary/aromatic N) is 3. The van der Waals surface area contributed by atoms with Crippen molar-refractivity contribution in [1.29, 1.82) is 0 Å². The van der Waals surface area contributed by atoms with Gasteiger partial charge in [0.05, 0.1) is 19.9 Å². The van der Waals surface area contributed by atoms with Gasteiger partial charge in [0.15, 0.2) is 0 Å². The van der Waals surface area contributed by atoms with E-state index < -0.39 is 15.9 Å². The second-order valence-corrected chi connectivity index (χ2v) is 7.51. The standard InChI is InChI=1S/C17H20N4O4S/c1-13-6-7-15(25-3)16(9-13)26(23,24)21(2)12-17(22)20-19-11-14-5-4-8-18-10-14/h4-11H,12H2,1-3H3,(H,20,22)/b19-11+. The van der Waals surface area contributed by atoms with Crippen LogP contribution in [-0.2, 0) is 14.8 Å². The quantitative estimate of drug-likeness (QED) is 0.577. The van der Waals surface area contributed by atoms with E-state index in [1.54, 1.807) is 43.6 Å². The van der Waals surface area contributed by atoms with Crippen LogP contribution in [0, 0.1) is 6.92 Å². The Balaban J connectivity index is 2.06. The maximum Gasteiger partial charge on any atom is 0.255 e. The van der Waals surface area contributed by atoms with Gasteiger partial charge in [-0.2, -0.15) is 9.41 Å². The van der Waals surface area contributed by atoms with Gasteiger partial charge in [-0.25, -0.2) is 13.8 Å². The first kappa shape index (κ1) is 19.5. The Morgan fingerprint density at radius 2 is 2.15 bits per heavy atom. The zero-order valence-electron chi connectivity index (χ0n) is 14.7. The summed E-state index contributed by atoms with van der Waals surface area (Å²) in [5, 5.41) is 3.79. The van der Waals surface area contributed by atoms with E-state index in [0.717, 1.165) is 9.87 Å². The minimum Gasteiger partial charge on any atom is -0.495 e. The highest BCUT2D eigenvalue weighted by Crippen LogP contribution is 2.26. The van der Waals surface area contributed by atoms with Crippen LogP contribution in [0.15, 0.2) is 52.7 Å². The van der Waals surface area contributed by atoms with Gasteiger partial charge in [0.25, 0.3) is 5.91 Å². The maximum absolute atomic E-state index is 12.7. The fraction of sp³-hybridized carbons (Fsp3) is 0.235. The predicted molar refractivity (Wildman–Crippen MR) is 97.5 cm³/mol. The summed E-state index contributed by atoms with van der Waals surface area (Å²) in [5.74, 6) is -0.347. The van der Waals surface area contributed by atoms with Gasteiger partial charge < -0.3 is 4.74 Å². The van der Waals surface area contributed by atoms with Gasteiger partial charge in [-0.1, -0.05) is 12.1 Å². The molecule has 9 heteroatoms. The van der Waals surface area contributed by atoms with Crippen LogP contribution < -0.4 is 10.2 Å². The molecule has 0 radical (unpaired) electrons. The Hall–Kier alpha value is -2.78. The molecule has 1 aromatic carbocycles. The molecule has 0 fully saturated rings. The number of benzene rings is 1. The van der Waals surface area contributed by atoms with Crippen LogP contribution >= 0.6 is 0 Å². The van der Waals surface area contributed by atoms with Crippen LogP contribution in [0.2, 0.25) is 0 Å². The Labute approximate surface area is 152 Å². The molecule has 0 unspecified atom stereocenters. The molecule has 0 spiro atoms. The zero-order valence-corrected chi connectivity index (χ0v) is 15.5. The lowest BCUT2D eigenvalue weighted by molar-refractivity contribution is -0.121. The van der Waals surface area contributed by atoms with E-state index in [1.165, 1.54) is 26.4 Å². The molecule has 2 rings (SSSR count). The van der Waals surface area contributed by atoms with E-state index in [9.17, 15) is 13.2 Å². The van der Waals surface area contributed by atoms with Crippen molar-refractivity contribution in [2.24, 2.45) is 5.10 Å². The fourth-order valence-electron chi connectivity index (χ4n) is 2.11. The minimum absolute atomic E-state index is 0.00848. The number of carbonyl (C=O) groups excluding carboxylic acids is 1. The van der Waals surface area contributed by atoms with Crippen molar-refractivity contribution in [2.75, 3.05) is 20.7 Å². The number of rotatable bonds is 7.